The van der Waals surface area contributed by atoms with Crippen molar-refractivity contribution in [3.63, 3.8) is 0 Å². The minimum atomic E-state index is -0.564. The van der Waals surface area contributed by atoms with Crippen molar-refractivity contribution in [2.75, 3.05) is 6.61 Å². The number of rotatable bonds is 4. The highest BCUT2D eigenvalue weighted by molar-refractivity contribution is 5.81. The van der Waals surface area contributed by atoms with Gasteiger partial charge in [-0.15, -0.1) is 0 Å². The van der Waals surface area contributed by atoms with Crippen molar-refractivity contribution in [2.45, 2.75) is 51.7 Å². The molecule has 0 aliphatic carbocycles. The number of nitrogens with one attached hydrogen (secondary N) is 1. The normalized spacial score (nSPS) is 17.6. The third-order valence-corrected chi connectivity index (χ3v) is 4.68. The number of ether oxygens (including phenoxy) is 2. The van der Waals surface area contributed by atoms with E-state index in [9.17, 15) is 4.79 Å². The number of hydrogen-bond donors (Lipinski definition) is 1. The Kier molecular flexibility index (Phi) is 5.21. The fourth-order valence-electron chi connectivity index (χ4n) is 3.07. The summed E-state index contributed by atoms with van der Waals surface area (Å²) in [7, 11) is 0. The molecule has 0 spiro atoms. The smallest absolute Gasteiger partial charge is 0.261 e. The maximum Gasteiger partial charge on any atom is 0.261 e. The molecule has 0 aromatic heterocycles. The Morgan fingerprint density at radius 3 is 2.54 bits per heavy atom. The molecule has 0 unspecified atom stereocenters. The summed E-state index contributed by atoms with van der Waals surface area (Å²) in [6.07, 6.45) is 0.195. The zero-order valence-corrected chi connectivity index (χ0v) is 15.9. The van der Waals surface area contributed by atoms with Crippen LogP contribution in [0, 0.1) is 0 Å². The standard InChI is InChI=1S/C22H27NO3/c1-15(26-17-11-9-16(10-12-17)22(2,3)4)21(24)23-19-13-14-25-20-8-6-5-7-18(19)20/h5-12,15,19H,13-14H2,1-4H3,(H,23,24)/t15-,19+/m0/s1. The summed E-state index contributed by atoms with van der Waals surface area (Å²) in [6.45, 7) is 8.89. The Balaban J connectivity index is 1.62. The molecule has 0 fully saturated rings. The molecule has 0 saturated carbocycles. The minimum absolute atomic E-state index is 0.0400. The number of fused-ring (bicyclic) bond motifs is 1. The maximum atomic E-state index is 12.6. The van der Waals surface area contributed by atoms with Gasteiger partial charge in [-0.1, -0.05) is 51.1 Å². The number of benzene rings is 2. The lowest BCUT2D eigenvalue weighted by Gasteiger charge is -2.27. The van der Waals surface area contributed by atoms with Crippen molar-refractivity contribution in [1.82, 2.24) is 5.32 Å². The van der Waals surface area contributed by atoms with Crippen molar-refractivity contribution in [2.24, 2.45) is 0 Å². The van der Waals surface area contributed by atoms with E-state index in [1.165, 1.54) is 5.56 Å². The summed E-state index contributed by atoms with van der Waals surface area (Å²) >= 11 is 0. The molecule has 1 amide bonds. The zero-order valence-electron chi connectivity index (χ0n) is 15.9. The van der Waals surface area contributed by atoms with Crippen LogP contribution in [0.25, 0.3) is 0 Å². The predicted molar refractivity (Wildman–Crippen MR) is 103 cm³/mol. The topological polar surface area (TPSA) is 47.6 Å². The molecule has 1 heterocycles. The van der Waals surface area contributed by atoms with Crippen LogP contribution in [0.2, 0.25) is 0 Å². The van der Waals surface area contributed by atoms with Crippen molar-refractivity contribution in [1.29, 1.82) is 0 Å². The van der Waals surface area contributed by atoms with Crippen LogP contribution >= 0.6 is 0 Å². The Morgan fingerprint density at radius 1 is 1.15 bits per heavy atom. The fourth-order valence-corrected chi connectivity index (χ4v) is 3.07. The number of carbonyl (C=O) groups excluding carboxylic acids is 1. The van der Waals surface area contributed by atoms with E-state index in [4.69, 9.17) is 9.47 Å². The Bertz CT molecular complexity index is 762. The number of carbonyl (C=O) groups is 1. The van der Waals surface area contributed by atoms with Gasteiger partial charge in [0.1, 0.15) is 11.5 Å². The van der Waals surface area contributed by atoms with E-state index in [0.717, 1.165) is 17.7 Å². The third-order valence-electron chi connectivity index (χ3n) is 4.68. The van der Waals surface area contributed by atoms with Crippen LogP contribution in [0.15, 0.2) is 48.5 Å². The molecule has 26 heavy (non-hydrogen) atoms. The van der Waals surface area contributed by atoms with E-state index >= 15 is 0 Å². The van der Waals surface area contributed by atoms with E-state index < -0.39 is 6.10 Å². The van der Waals surface area contributed by atoms with Crippen molar-refractivity contribution in [3.05, 3.63) is 59.7 Å². The molecule has 0 radical (unpaired) electrons. The highest BCUT2D eigenvalue weighted by atomic mass is 16.5. The summed E-state index contributed by atoms with van der Waals surface area (Å²) in [4.78, 5) is 12.6. The van der Waals surface area contributed by atoms with Gasteiger partial charge in [0, 0.05) is 12.0 Å². The highest BCUT2D eigenvalue weighted by Gasteiger charge is 2.25. The van der Waals surface area contributed by atoms with E-state index in [2.05, 4.69) is 38.2 Å². The SMILES string of the molecule is C[C@H](Oc1ccc(C(C)(C)C)cc1)C(=O)N[C@@H]1CCOc2ccccc21. The van der Waals surface area contributed by atoms with Crippen molar-refractivity contribution >= 4 is 5.91 Å². The molecule has 2 aromatic rings. The minimum Gasteiger partial charge on any atom is -0.493 e. The molecule has 1 aliphatic heterocycles. The first kappa shape index (κ1) is 18.3. The van der Waals surface area contributed by atoms with E-state index in [-0.39, 0.29) is 17.4 Å². The van der Waals surface area contributed by atoms with Gasteiger partial charge in [0.2, 0.25) is 0 Å². The number of hydrogen-bond acceptors (Lipinski definition) is 3. The first-order valence-electron chi connectivity index (χ1n) is 9.14. The molecule has 3 rings (SSSR count). The van der Waals surface area contributed by atoms with Crippen LogP contribution in [0.3, 0.4) is 0 Å². The largest absolute Gasteiger partial charge is 0.493 e. The second-order valence-electron chi connectivity index (χ2n) is 7.77. The van der Waals surface area contributed by atoms with Gasteiger partial charge in [-0.05, 0) is 36.1 Å². The van der Waals surface area contributed by atoms with Crippen LogP contribution in [0.5, 0.6) is 11.5 Å². The molecular weight excluding hydrogens is 326 g/mol. The van der Waals surface area contributed by atoms with Crippen molar-refractivity contribution in [3.8, 4) is 11.5 Å². The lowest BCUT2D eigenvalue weighted by molar-refractivity contribution is -0.128. The summed E-state index contributed by atoms with van der Waals surface area (Å²) in [6, 6.07) is 15.7. The Morgan fingerprint density at radius 2 is 1.85 bits per heavy atom. The molecule has 0 saturated heterocycles. The first-order chi connectivity index (χ1) is 12.3. The van der Waals surface area contributed by atoms with Crippen LogP contribution in [-0.4, -0.2) is 18.6 Å². The van der Waals surface area contributed by atoms with Gasteiger partial charge in [-0.25, -0.2) is 0 Å². The first-order valence-corrected chi connectivity index (χ1v) is 9.14. The van der Waals surface area contributed by atoms with Crippen LogP contribution in [0.4, 0.5) is 0 Å². The van der Waals surface area contributed by atoms with E-state index in [1.807, 2.05) is 36.4 Å². The number of para-hydroxylation sites is 1. The number of amides is 1. The molecule has 0 bridgehead atoms. The fraction of sp³-hybridized carbons (Fsp3) is 0.409. The Labute approximate surface area is 155 Å². The van der Waals surface area contributed by atoms with Gasteiger partial charge in [0.15, 0.2) is 6.10 Å². The van der Waals surface area contributed by atoms with Crippen molar-refractivity contribution < 1.29 is 14.3 Å². The molecule has 4 nitrogen and oxygen atoms in total. The molecule has 2 aromatic carbocycles. The van der Waals surface area contributed by atoms with Gasteiger partial charge >= 0.3 is 0 Å². The molecular formula is C22H27NO3. The van der Waals surface area contributed by atoms with Gasteiger partial charge < -0.3 is 14.8 Å². The zero-order chi connectivity index (χ0) is 18.7. The summed E-state index contributed by atoms with van der Waals surface area (Å²) in [5, 5.41) is 3.09. The molecule has 1 N–H and O–H groups in total. The quantitative estimate of drug-likeness (QED) is 0.887. The van der Waals surface area contributed by atoms with Crippen LogP contribution in [-0.2, 0) is 10.2 Å². The lowest BCUT2D eigenvalue weighted by atomic mass is 9.87. The van der Waals surface area contributed by atoms with E-state index in [0.29, 0.717) is 12.4 Å². The summed E-state index contributed by atoms with van der Waals surface area (Å²) in [5.74, 6) is 1.43. The lowest BCUT2D eigenvalue weighted by Crippen LogP contribution is -2.40. The van der Waals surface area contributed by atoms with Gasteiger partial charge in [0.05, 0.1) is 12.6 Å². The monoisotopic (exact) mass is 353 g/mol. The van der Waals surface area contributed by atoms with Crippen LogP contribution < -0.4 is 14.8 Å². The average Bonchev–Trinajstić information content (AvgIpc) is 2.61. The average molecular weight is 353 g/mol. The van der Waals surface area contributed by atoms with Gasteiger partial charge in [-0.2, -0.15) is 0 Å². The third kappa shape index (κ3) is 4.18. The highest BCUT2D eigenvalue weighted by Crippen LogP contribution is 2.31. The molecule has 1 aliphatic rings. The second kappa shape index (κ2) is 7.40. The predicted octanol–water partition coefficient (Wildman–Crippen LogP) is 4.39. The van der Waals surface area contributed by atoms with Gasteiger partial charge in [0.25, 0.3) is 5.91 Å². The molecule has 2 atom stereocenters. The summed E-state index contributed by atoms with van der Waals surface area (Å²) in [5.41, 5.74) is 2.35. The van der Waals surface area contributed by atoms with Crippen LogP contribution in [0.1, 0.15) is 51.3 Å². The maximum absolute atomic E-state index is 12.6. The van der Waals surface area contributed by atoms with E-state index in [1.54, 1.807) is 6.92 Å². The van der Waals surface area contributed by atoms with Gasteiger partial charge in [-0.3, -0.25) is 4.79 Å². The summed E-state index contributed by atoms with van der Waals surface area (Å²) < 4.78 is 11.5. The molecule has 4 heteroatoms. The second-order valence-corrected chi connectivity index (χ2v) is 7.77. The molecule has 138 valence electrons. The Hall–Kier alpha value is -2.49.